The van der Waals surface area contributed by atoms with Gasteiger partial charge in [-0.15, -0.1) is 0 Å². The molecule has 16 heavy (non-hydrogen) atoms. The normalized spacial score (nSPS) is 22.8. The molecule has 2 nitrogen and oxygen atoms in total. The largest absolute Gasteiger partial charge is 0.488 e. The first-order valence-corrected chi connectivity index (χ1v) is 6.30. The van der Waals surface area contributed by atoms with Crippen LogP contribution in [0.2, 0.25) is 5.02 Å². The van der Waals surface area contributed by atoms with E-state index in [9.17, 15) is 0 Å². The number of hydrogen-bond acceptors (Lipinski definition) is 2. The molecule has 0 saturated carbocycles. The molecule has 3 heteroatoms. The van der Waals surface area contributed by atoms with Gasteiger partial charge in [-0.3, -0.25) is 0 Å². The van der Waals surface area contributed by atoms with E-state index in [4.69, 9.17) is 16.3 Å². The highest BCUT2D eigenvalue weighted by Crippen LogP contribution is 2.25. The van der Waals surface area contributed by atoms with Crippen LogP contribution in [0.3, 0.4) is 0 Å². The van der Waals surface area contributed by atoms with Crippen molar-refractivity contribution in [2.45, 2.75) is 38.3 Å². The zero-order valence-electron chi connectivity index (χ0n) is 9.58. The molecule has 0 amide bonds. The molecule has 2 rings (SSSR count). The van der Waals surface area contributed by atoms with Crippen LogP contribution in [0.25, 0.3) is 0 Å². The van der Waals surface area contributed by atoms with E-state index >= 15 is 0 Å². The van der Waals surface area contributed by atoms with Gasteiger partial charge in [-0.2, -0.15) is 0 Å². The first-order chi connectivity index (χ1) is 7.77. The van der Waals surface area contributed by atoms with Gasteiger partial charge in [-0.1, -0.05) is 30.2 Å². The van der Waals surface area contributed by atoms with E-state index in [0.29, 0.717) is 11.1 Å². The molecule has 88 valence electrons. The van der Waals surface area contributed by atoms with Gasteiger partial charge >= 0.3 is 0 Å². The molecule has 2 unspecified atom stereocenters. The second kappa shape index (κ2) is 5.55. The van der Waals surface area contributed by atoms with Gasteiger partial charge < -0.3 is 10.1 Å². The molecular formula is C13H18ClNO. The van der Waals surface area contributed by atoms with Gasteiger partial charge in [0.2, 0.25) is 0 Å². The highest BCUT2D eigenvalue weighted by molar-refractivity contribution is 6.32. The first kappa shape index (κ1) is 11.7. The molecular weight excluding hydrogens is 222 g/mol. The highest BCUT2D eigenvalue weighted by Gasteiger charge is 2.21. The molecule has 1 aliphatic rings. The second-order valence-electron chi connectivity index (χ2n) is 4.31. The average Bonchev–Trinajstić information content (AvgIpc) is 2.33. The van der Waals surface area contributed by atoms with Gasteiger partial charge in [0.05, 0.1) is 5.02 Å². The summed E-state index contributed by atoms with van der Waals surface area (Å²) in [4.78, 5) is 0. The number of hydrogen-bond donors (Lipinski definition) is 1. The van der Waals surface area contributed by atoms with E-state index in [1.807, 2.05) is 24.3 Å². The summed E-state index contributed by atoms with van der Waals surface area (Å²) in [6.07, 6.45) is 3.91. The summed E-state index contributed by atoms with van der Waals surface area (Å²) >= 11 is 6.06. The SMILES string of the molecule is CC(Oc1ccccc1Cl)C1CCCCN1. The Labute approximate surface area is 102 Å². The third-order valence-corrected chi connectivity index (χ3v) is 3.38. The maximum atomic E-state index is 6.06. The van der Waals surface area contributed by atoms with Crippen LogP contribution >= 0.6 is 11.6 Å². The van der Waals surface area contributed by atoms with Crippen LogP contribution < -0.4 is 10.1 Å². The maximum Gasteiger partial charge on any atom is 0.138 e. The Morgan fingerprint density at radius 3 is 2.88 bits per heavy atom. The number of benzene rings is 1. The van der Waals surface area contributed by atoms with Gasteiger partial charge in [-0.05, 0) is 38.4 Å². The van der Waals surface area contributed by atoms with E-state index in [1.54, 1.807) is 0 Å². The summed E-state index contributed by atoms with van der Waals surface area (Å²) in [5, 5.41) is 4.18. The van der Waals surface area contributed by atoms with E-state index < -0.39 is 0 Å². The van der Waals surface area contributed by atoms with Crippen molar-refractivity contribution < 1.29 is 4.74 Å². The molecule has 0 aliphatic carbocycles. The zero-order chi connectivity index (χ0) is 11.4. The molecule has 1 fully saturated rings. The first-order valence-electron chi connectivity index (χ1n) is 5.92. The van der Waals surface area contributed by atoms with Crippen LogP contribution in [0.5, 0.6) is 5.75 Å². The number of piperidine rings is 1. The third kappa shape index (κ3) is 2.89. The molecule has 1 N–H and O–H groups in total. The van der Waals surface area contributed by atoms with Crippen LogP contribution in [0.15, 0.2) is 24.3 Å². The average molecular weight is 240 g/mol. The summed E-state index contributed by atoms with van der Waals surface area (Å²) < 4.78 is 5.89. The molecule has 0 radical (unpaired) electrons. The fraction of sp³-hybridized carbons (Fsp3) is 0.538. The van der Waals surface area contributed by atoms with Gasteiger partial charge in [0, 0.05) is 6.04 Å². The van der Waals surface area contributed by atoms with Crippen LogP contribution in [-0.4, -0.2) is 18.7 Å². The summed E-state index contributed by atoms with van der Waals surface area (Å²) in [5.74, 6) is 0.782. The quantitative estimate of drug-likeness (QED) is 0.875. The lowest BCUT2D eigenvalue weighted by Crippen LogP contribution is -2.44. The Hall–Kier alpha value is -0.730. The Balaban J connectivity index is 1.96. The zero-order valence-corrected chi connectivity index (χ0v) is 10.3. The van der Waals surface area contributed by atoms with E-state index in [2.05, 4.69) is 12.2 Å². The molecule has 0 spiro atoms. The molecule has 1 aliphatic heterocycles. The van der Waals surface area contributed by atoms with Crippen molar-refractivity contribution in [3.05, 3.63) is 29.3 Å². The van der Waals surface area contributed by atoms with E-state index in [1.165, 1.54) is 19.3 Å². The van der Waals surface area contributed by atoms with Crippen LogP contribution in [0.4, 0.5) is 0 Å². The minimum Gasteiger partial charge on any atom is -0.488 e. The van der Waals surface area contributed by atoms with Gasteiger partial charge in [0.25, 0.3) is 0 Å². The smallest absolute Gasteiger partial charge is 0.138 e. The predicted molar refractivity (Wildman–Crippen MR) is 67.2 cm³/mol. The number of rotatable bonds is 3. The van der Waals surface area contributed by atoms with Crippen molar-refractivity contribution >= 4 is 11.6 Å². The van der Waals surface area contributed by atoms with Gasteiger partial charge in [0.15, 0.2) is 0 Å². The topological polar surface area (TPSA) is 21.3 Å². The fourth-order valence-electron chi connectivity index (χ4n) is 2.10. The van der Waals surface area contributed by atoms with Gasteiger partial charge in [0.1, 0.15) is 11.9 Å². The standard InChI is InChI=1S/C13H18ClNO/c1-10(12-7-4-5-9-15-12)16-13-8-3-2-6-11(13)14/h2-3,6,8,10,12,15H,4-5,7,9H2,1H3. The molecule has 0 bridgehead atoms. The van der Waals surface area contributed by atoms with Crippen LogP contribution in [-0.2, 0) is 0 Å². The summed E-state index contributed by atoms with van der Waals surface area (Å²) in [7, 11) is 0. The van der Waals surface area contributed by atoms with Crippen molar-refractivity contribution in [3.8, 4) is 5.75 Å². The molecule has 1 aromatic carbocycles. The lowest BCUT2D eigenvalue weighted by Gasteiger charge is -2.29. The van der Waals surface area contributed by atoms with Crippen molar-refractivity contribution in [2.75, 3.05) is 6.54 Å². The van der Waals surface area contributed by atoms with E-state index in [0.717, 1.165) is 12.3 Å². The number of para-hydroxylation sites is 1. The third-order valence-electron chi connectivity index (χ3n) is 3.06. The van der Waals surface area contributed by atoms with E-state index in [-0.39, 0.29) is 6.10 Å². The van der Waals surface area contributed by atoms with Crippen LogP contribution in [0, 0.1) is 0 Å². The lowest BCUT2D eigenvalue weighted by molar-refractivity contribution is 0.153. The van der Waals surface area contributed by atoms with Crippen molar-refractivity contribution in [1.82, 2.24) is 5.32 Å². The second-order valence-corrected chi connectivity index (χ2v) is 4.72. The summed E-state index contributed by atoms with van der Waals surface area (Å²) in [6.45, 7) is 3.20. The molecule has 1 aromatic rings. The lowest BCUT2D eigenvalue weighted by atomic mass is 10.0. The number of halogens is 1. The molecule has 0 aromatic heterocycles. The minimum absolute atomic E-state index is 0.167. The van der Waals surface area contributed by atoms with Crippen LogP contribution in [0.1, 0.15) is 26.2 Å². The molecule has 1 heterocycles. The highest BCUT2D eigenvalue weighted by atomic mass is 35.5. The summed E-state index contributed by atoms with van der Waals surface area (Å²) in [6, 6.07) is 8.09. The van der Waals surface area contributed by atoms with Crippen molar-refractivity contribution in [1.29, 1.82) is 0 Å². The Kier molecular flexibility index (Phi) is 4.08. The minimum atomic E-state index is 0.167. The Morgan fingerprint density at radius 1 is 1.38 bits per heavy atom. The molecule has 2 atom stereocenters. The predicted octanol–water partition coefficient (Wildman–Crippen LogP) is 3.25. The molecule has 1 saturated heterocycles. The fourth-order valence-corrected chi connectivity index (χ4v) is 2.28. The Bertz CT molecular complexity index is 336. The van der Waals surface area contributed by atoms with Gasteiger partial charge in [-0.25, -0.2) is 0 Å². The maximum absolute atomic E-state index is 6.06. The summed E-state index contributed by atoms with van der Waals surface area (Å²) in [5.41, 5.74) is 0. The monoisotopic (exact) mass is 239 g/mol. The van der Waals surface area contributed by atoms with Crippen molar-refractivity contribution in [3.63, 3.8) is 0 Å². The Morgan fingerprint density at radius 2 is 2.19 bits per heavy atom. The number of nitrogens with one attached hydrogen (secondary N) is 1. The number of ether oxygens (including phenoxy) is 1. The van der Waals surface area contributed by atoms with Crippen molar-refractivity contribution in [2.24, 2.45) is 0 Å².